The average molecular weight is 291 g/mol. The van der Waals surface area contributed by atoms with Gasteiger partial charge in [0, 0.05) is 25.2 Å². The van der Waals surface area contributed by atoms with E-state index in [4.69, 9.17) is 5.73 Å². The van der Waals surface area contributed by atoms with Crippen molar-refractivity contribution in [3.05, 3.63) is 35.1 Å². The van der Waals surface area contributed by atoms with E-state index >= 15 is 0 Å². The largest absolute Gasteiger partial charge is 0.320 e. The Morgan fingerprint density at radius 1 is 1.19 bits per heavy atom. The number of likely N-dealkylation sites (N-methyl/N-ethyl adjacent to an activating group) is 1. The molecule has 3 nitrogen and oxygen atoms in total. The SMILES string of the molecule is CCCN(CCN(C)C)Cc1ccc(F)cc1C#CCN. The van der Waals surface area contributed by atoms with Gasteiger partial charge in [-0.05, 0) is 44.8 Å². The van der Waals surface area contributed by atoms with Gasteiger partial charge in [-0.25, -0.2) is 4.39 Å². The summed E-state index contributed by atoms with van der Waals surface area (Å²) in [6.45, 7) is 6.26. The smallest absolute Gasteiger partial charge is 0.124 e. The van der Waals surface area contributed by atoms with E-state index in [1.165, 1.54) is 12.1 Å². The van der Waals surface area contributed by atoms with Crippen molar-refractivity contribution in [2.24, 2.45) is 5.73 Å². The molecule has 0 unspecified atom stereocenters. The van der Waals surface area contributed by atoms with Crippen molar-refractivity contribution in [3.63, 3.8) is 0 Å². The van der Waals surface area contributed by atoms with Gasteiger partial charge in [0.25, 0.3) is 0 Å². The molecule has 21 heavy (non-hydrogen) atoms. The number of nitrogens with two attached hydrogens (primary N) is 1. The van der Waals surface area contributed by atoms with Crippen LogP contribution in [-0.2, 0) is 6.54 Å². The van der Waals surface area contributed by atoms with Crippen molar-refractivity contribution in [1.29, 1.82) is 0 Å². The summed E-state index contributed by atoms with van der Waals surface area (Å²) in [4.78, 5) is 4.54. The summed E-state index contributed by atoms with van der Waals surface area (Å²) >= 11 is 0. The minimum absolute atomic E-state index is 0.254. The van der Waals surface area contributed by atoms with Gasteiger partial charge in [0.05, 0.1) is 6.54 Å². The first-order valence-corrected chi connectivity index (χ1v) is 7.41. The molecule has 0 aliphatic carbocycles. The molecule has 0 radical (unpaired) electrons. The third-order valence-corrected chi connectivity index (χ3v) is 3.19. The predicted molar refractivity (Wildman–Crippen MR) is 86.5 cm³/mol. The molecule has 2 N–H and O–H groups in total. The van der Waals surface area contributed by atoms with E-state index in [9.17, 15) is 4.39 Å². The predicted octanol–water partition coefficient (Wildman–Crippen LogP) is 1.91. The van der Waals surface area contributed by atoms with Crippen molar-refractivity contribution in [3.8, 4) is 11.8 Å². The Bertz CT molecular complexity index is 489. The molecule has 4 heteroatoms. The van der Waals surface area contributed by atoms with Gasteiger partial charge < -0.3 is 10.6 Å². The summed E-state index contributed by atoms with van der Waals surface area (Å²) < 4.78 is 13.4. The number of nitrogens with zero attached hydrogens (tertiary/aromatic N) is 2. The number of halogens is 1. The van der Waals surface area contributed by atoms with Crippen LogP contribution in [0.3, 0.4) is 0 Å². The second kappa shape index (κ2) is 9.51. The summed E-state index contributed by atoms with van der Waals surface area (Å²) in [5.41, 5.74) is 7.21. The van der Waals surface area contributed by atoms with E-state index in [2.05, 4.69) is 42.7 Å². The lowest BCUT2D eigenvalue weighted by Gasteiger charge is -2.24. The lowest BCUT2D eigenvalue weighted by atomic mass is 10.1. The minimum Gasteiger partial charge on any atom is -0.320 e. The van der Waals surface area contributed by atoms with Crippen LogP contribution in [0.15, 0.2) is 18.2 Å². The molecule has 0 saturated carbocycles. The van der Waals surface area contributed by atoms with Crippen LogP contribution in [0, 0.1) is 17.7 Å². The summed E-state index contributed by atoms with van der Waals surface area (Å²) in [5, 5.41) is 0. The van der Waals surface area contributed by atoms with Crippen LogP contribution in [0.5, 0.6) is 0 Å². The van der Waals surface area contributed by atoms with Crippen LogP contribution < -0.4 is 5.73 Å². The third-order valence-electron chi connectivity index (χ3n) is 3.19. The molecule has 1 aromatic carbocycles. The van der Waals surface area contributed by atoms with E-state index in [1.54, 1.807) is 0 Å². The molecule has 0 spiro atoms. The maximum atomic E-state index is 13.4. The molecule has 116 valence electrons. The maximum absolute atomic E-state index is 13.4. The fourth-order valence-corrected chi connectivity index (χ4v) is 2.12. The molecule has 1 rings (SSSR count). The Labute approximate surface area is 127 Å². The molecular formula is C17H26FN3. The lowest BCUT2D eigenvalue weighted by molar-refractivity contribution is 0.234. The lowest BCUT2D eigenvalue weighted by Crippen LogP contribution is -2.32. The number of hydrogen-bond acceptors (Lipinski definition) is 3. The average Bonchev–Trinajstić information content (AvgIpc) is 2.45. The van der Waals surface area contributed by atoms with Gasteiger partial charge in [0.1, 0.15) is 5.82 Å². The van der Waals surface area contributed by atoms with Crippen LogP contribution in [-0.4, -0.2) is 50.1 Å². The quantitative estimate of drug-likeness (QED) is 0.779. The first kappa shape index (κ1) is 17.6. The van der Waals surface area contributed by atoms with Crippen LogP contribution in [0.1, 0.15) is 24.5 Å². The van der Waals surface area contributed by atoms with E-state index < -0.39 is 0 Å². The fraction of sp³-hybridized carbons (Fsp3) is 0.529. The standard InChI is InChI=1S/C17H26FN3/c1-4-10-21(12-11-20(2)3)14-16-7-8-17(18)13-15(16)6-5-9-19/h7-8,13H,4,9-12,14,19H2,1-3H3. The van der Waals surface area contributed by atoms with Crippen molar-refractivity contribution in [2.75, 3.05) is 40.3 Å². The minimum atomic E-state index is -0.254. The molecule has 0 amide bonds. The van der Waals surface area contributed by atoms with Gasteiger partial charge in [-0.1, -0.05) is 24.8 Å². The number of hydrogen-bond donors (Lipinski definition) is 1. The highest BCUT2D eigenvalue weighted by Gasteiger charge is 2.09. The zero-order valence-electron chi connectivity index (χ0n) is 13.3. The number of benzene rings is 1. The Hall–Kier alpha value is -1.41. The molecule has 1 aromatic rings. The summed E-state index contributed by atoms with van der Waals surface area (Å²) in [6, 6.07) is 4.82. The van der Waals surface area contributed by atoms with Crippen molar-refractivity contribution in [2.45, 2.75) is 19.9 Å². The Morgan fingerprint density at radius 3 is 2.57 bits per heavy atom. The van der Waals surface area contributed by atoms with E-state index in [0.717, 1.165) is 43.7 Å². The monoisotopic (exact) mass is 291 g/mol. The van der Waals surface area contributed by atoms with Gasteiger partial charge in [-0.3, -0.25) is 4.90 Å². The van der Waals surface area contributed by atoms with Crippen LogP contribution in [0.2, 0.25) is 0 Å². The van der Waals surface area contributed by atoms with E-state index in [1.807, 2.05) is 6.07 Å². The van der Waals surface area contributed by atoms with Gasteiger partial charge in [-0.15, -0.1) is 0 Å². The third kappa shape index (κ3) is 6.72. The highest BCUT2D eigenvalue weighted by Crippen LogP contribution is 2.13. The normalized spacial score (nSPS) is 10.8. The van der Waals surface area contributed by atoms with E-state index in [0.29, 0.717) is 0 Å². The summed E-state index contributed by atoms with van der Waals surface area (Å²) in [5.74, 6) is 5.53. The van der Waals surface area contributed by atoms with Crippen molar-refractivity contribution >= 4 is 0 Å². The van der Waals surface area contributed by atoms with Gasteiger partial charge in [-0.2, -0.15) is 0 Å². The van der Waals surface area contributed by atoms with Crippen molar-refractivity contribution < 1.29 is 4.39 Å². The molecule has 0 atom stereocenters. The first-order chi connectivity index (χ1) is 10.1. The zero-order valence-corrected chi connectivity index (χ0v) is 13.3. The van der Waals surface area contributed by atoms with Gasteiger partial charge >= 0.3 is 0 Å². The zero-order chi connectivity index (χ0) is 15.7. The van der Waals surface area contributed by atoms with Crippen LogP contribution >= 0.6 is 0 Å². The van der Waals surface area contributed by atoms with Crippen LogP contribution in [0.25, 0.3) is 0 Å². The summed E-state index contributed by atoms with van der Waals surface area (Å²) in [6.07, 6.45) is 1.10. The molecule has 0 aromatic heterocycles. The molecule has 0 saturated heterocycles. The van der Waals surface area contributed by atoms with Crippen molar-refractivity contribution in [1.82, 2.24) is 9.80 Å². The second-order valence-electron chi connectivity index (χ2n) is 5.39. The maximum Gasteiger partial charge on any atom is 0.124 e. The highest BCUT2D eigenvalue weighted by molar-refractivity contribution is 5.41. The molecule has 0 bridgehead atoms. The Morgan fingerprint density at radius 2 is 1.95 bits per heavy atom. The van der Waals surface area contributed by atoms with Gasteiger partial charge in [0.2, 0.25) is 0 Å². The van der Waals surface area contributed by atoms with E-state index in [-0.39, 0.29) is 12.4 Å². The first-order valence-electron chi connectivity index (χ1n) is 7.41. The van der Waals surface area contributed by atoms with Gasteiger partial charge in [0.15, 0.2) is 0 Å². The fourth-order valence-electron chi connectivity index (χ4n) is 2.12. The topological polar surface area (TPSA) is 32.5 Å². The number of rotatable bonds is 7. The highest BCUT2D eigenvalue weighted by atomic mass is 19.1. The molecular weight excluding hydrogens is 265 g/mol. The Balaban J connectivity index is 2.86. The molecule has 0 heterocycles. The molecule has 0 aliphatic rings. The summed E-state index contributed by atoms with van der Waals surface area (Å²) in [7, 11) is 4.14. The second-order valence-corrected chi connectivity index (χ2v) is 5.39. The Kier molecular flexibility index (Phi) is 7.99. The molecule has 0 aliphatic heterocycles. The van der Waals surface area contributed by atoms with Crippen LogP contribution in [0.4, 0.5) is 4.39 Å². The molecule has 0 fully saturated rings.